The van der Waals surface area contributed by atoms with Crippen LogP contribution in [-0.4, -0.2) is 29.9 Å². The normalized spacial score (nSPS) is 13.2. The smallest absolute Gasteiger partial charge is 0.254 e. The van der Waals surface area contributed by atoms with Crippen LogP contribution < -0.4 is 5.32 Å². The van der Waals surface area contributed by atoms with Crippen molar-refractivity contribution in [2.24, 2.45) is 0 Å². The molecule has 0 aromatic heterocycles. The Bertz CT molecular complexity index is 468. The first-order valence-corrected chi connectivity index (χ1v) is 7.81. The molecule has 0 saturated carbocycles. The summed E-state index contributed by atoms with van der Waals surface area (Å²) in [7, 11) is 0. The Hall–Kier alpha value is -1.51. The molecule has 0 atom stereocenters. The van der Waals surface area contributed by atoms with Gasteiger partial charge < -0.3 is 10.2 Å². The van der Waals surface area contributed by atoms with E-state index in [0.29, 0.717) is 0 Å². The van der Waals surface area contributed by atoms with Crippen LogP contribution in [0.25, 0.3) is 0 Å². The highest BCUT2D eigenvalue weighted by atomic mass is 16.2. The number of carbonyl (C=O) groups is 1. The molecule has 0 fully saturated rings. The van der Waals surface area contributed by atoms with E-state index in [0.717, 1.165) is 37.2 Å². The van der Waals surface area contributed by atoms with Gasteiger partial charge in [-0.25, -0.2) is 0 Å². The van der Waals surface area contributed by atoms with Crippen molar-refractivity contribution in [1.82, 2.24) is 4.90 Å². The molecule has 3 nitrogen and oxygen atoms in total. The summed E-state index contributed by atoms with van der Waals surface area (Å²) in [6, 6.07) is 6.33. The molecule has 0 bridgehead atoms. The third-order valence-electron chi connectivity index (χ3n) is 3.95. The Kier molecular flexibility index (Phi) is 5.05. The summed E-state index contributed by atoms with van der Waals surface area (Å²) in [6.45, 7) is 8.21. The highest BCUT2D eigenvalue weighted by molar-refractivity contribution is 5.95. The van der Waals surface area contributed by atoms with E-state index in [1.807, 2.05) is 17.0 Å². The van der Waals surface area contributed by atoms with E-state index < -0.39 is 0 Å². The molecule has 0 radical (unpaired) electrons. The van der Waals surface area contributed by atoms with E-state index in [4.69, 9.17) is 0 Å². The number of anilines is 1. The van der Waals surface area contributed by atoms with Crippen LogP contribution in [0.5, 0.6) is 0 Å². The molecule has 1 N–H and O–H groups in total. The first kappa shape index (κ1) is 14.9. The molecular weight excluding hydrogens is 248 g/mol. The maximum Gasteiger partial charge on any atom is 0.254 e. The number of benzene rings is 1. The zero-order chi connectivity index (χ0) is 14.5. The lowest BCUT2D eigenvalue weighted by molar-refractivity contribution is 0.0702. The minimum Gasteiger partial charge on any atom is -0.384 e. The lowest BCUT2D eigenvalue weighted by Gasteiger charge is -2.27. The molecule has 1 heterocycles. The number of nitrogens with zero attached hydrogens (tertiary/aromatic N) is 1. The van der Waals surface area contributed by atoms with Crippen molar-refractivity contribution in [3.8, 4) is 0 Å². The van der Waals surface area contributed by atoms with Gasteiger partial charge in [-0.3, -0.25) is 4.79 Å². The van der Waals surface area contributed by atoms with Gasteiger partial charge in [-0.2, -0.15) is 0 Å². The molecule has 1 aliphatic rings. The third kappa shape index (κ3) is 3.33. The van der Waals surface area contributed by atoms with Gasteiger partial charge in [-0.1, -0.05) is 25.8 Å². The maximum absolute atomic E-state index is 12.7. The van der Waals surface area contributed by atoms with Gasteiger partial charge in [-0.15, -0.1) is 0 Å². The van der Waals surface area contributed by atoms with E-state index in [1.165, 1.54) is 18.4 Å². The minimum atomic E-state index is 0.160. The molecular formula is C17H26N2O. The van der Waals surface area contributed by atoms with E-state index in [1.54, 1.807) is 0 Å². The lowest BCUT2D eigenvalue weighted by Crippen LogP contribution is -2.37. The average molecular weight is 274 g/mol. The van der Waals surface area contributed by atoms with Crippen molar-refractivity contribution in [2.45, 2.75) is 52.5 Å². The van der Waals surface area contributed by atoms with E-state index in [9.17, 15) is 4.79 Å². The molecule has 1 aromatic rings. The molecule has 2 rings (SSSR count). The number of rotatable bonds is 6. The standard InChI is InChI=1S/C17H26N2O/c1-4-5-6-11-19(13(2)3)17(20)15-8-7-14-9-10-18-16(14)12-15/h7-8,12-13,18H,4-6,9-11H2,1-3H3. The van der Waals surface area contributed by atoms with Crippen LogP contribution in [0.3, 0.4) is 0 Å². The molecule has 20 heavy (non-hydrogen) atoms. The maximum atomic E-state index is 12.7. The second kappa shape index (κ2) is 6.78. The van der Waals surface area contributed by atoms with Gasteiger partial charge in [0, 0.05) is 30.4 Å². The summed E-state index contributed by atoms with van der Waals surface area (Å²) >= 11 is 0. The lowest BCUT2D eigenvalue weighted by atomic mass is 10.1. The van der Waals surface area contributed by atoms with E-state index in [-0.39, 0.29) is 11.9 Å². The third-order valence-corrected chi connectivity index (χ3v) is 3.95. The van der Waals surface area contributed by atoms with Crippen LogP contribution in [0.1, 0.15) is 56.0 Å². The van der Waals surface area contributed by atoms with Crippen molar-refractivity contribution in [2.75, 3.05) is 18.4 Å². The Labute approximate surface area is 122 Å². The second-order valence-electron chi connectivity index (χ2n) is 5.85. The van der Waals surface area contributed by atoms with Gasteiger partial charge in [0.05, 0.1) is 0 Å². The number of fused-ring (bicyclic) bond motifs is 1. The van der Waals surface area contributed by atoms with E-state index in [2.05, 4.69) is 32.2 Å². The molecule has 0 unspecified atom stereocenters. The van der Waals surface area contributed by atoms with Crippen LogP contribution in [0.2, 0.25) is 0 Å². The van der Waals surface area contributed by atoms with Crippen molar-refractivity contribution < 1.29 is 4.79 Å². The number of hydrogen-bond donors (Lipinski definition) is 1. The molecule has 1 aromatic carbocycles. The van der Waals surface area contributed by atoms with Crippen LogP contribution >= 0.6 is 0 Å². The molecule has 0 aliphatic carbocycles. The van der Waals surface area contributed by atoms with Gasteiger partial charge in [-0.05, 0) is 44.4 Å². The van der Waals surface area contributed by atoms with Crippen molar-refractivity contribution >= 4 is 11.6 Å². The fourth-order valence-corrected chi connectivity index (χ4v) is 2.72. The average Bonchev–Trinajstić information content (AvgIpc) is 2.89. The second-order valence-corrected chi connectivity index (χ2v) is 5.85. The Morgan fingerprint density at radius 2 is 2.15 bits per heavy atom. The van der Waals surface area contributed by atoms with Crippen molar-refractivity contribution in [3.05, 3.63) is 29.3 Å². The van der Waals surface area contributed by atoms with Crippen LogP contribution in [-0.2, 0) is 6.42 Å². The molecule has 110 valence electrons. The molecule has 3 heteroatoms. The van der Waals surface area contributed by atoms with Gasteiger partial charge in [0.25, 0.3) is 5.91 Å². The summed E-state index contributed by atoms with van der Waals surface area (Å²) in [5.41, 5.74) is 3.26. The largest absolute Gasteiger partial charge is 0.384 e. The predicted molar refractivity (Wildman–Crippen MR) is 84.3 cm³/mol. The van der Waals surface area contributed by atoms with Gasteiger partial charge in [0.1, 0.15) is 0 Å². The quantitative estimate of drug-likeness (QED) is 0.802. The summed E-state index contributed by atoms with van der Waals surface area (Å²) in [5.74, 6) is 0.160. The Morgan fingerprint density at radius 3 is 2.85 bits per heavy atom. The highest BCUT2D eigenvalue weighted by Crippen LogP contribution is 2.24. The Balaban J connectivity index is 2.10. The molecule has 1 aliphatic heterocycles. The van der Waals surface area contributed by atoms with Gasteiger partial charge in [0.15, 0.2) is 0 Å². The molecule has 1 amide bonds. The number of hydrogen-bond acceptors (Lipinski definition) is 2. The molecule has 0 saturated heterocycles. The molecule has 0 spiro atoms. The first-order chi connectivity index (χ1) is 9.63. The topological polar surface area (TPSA) is 32.3 Å². The minimum absolute atomic E-state index is 0.160. The van der Waals surface area contributed by atoms with Gasteiger partial charge in [0.2, 0.25) is 0 Å². The number of nitrogens with one attached hydrogen (secondary N) is 1. The summed E-state index contributed by atoms with van der Waals surface area (Å²) in [4.78, 5) is 14.7. The monoisotopic (exact) mass is 274 g/mol. The summed E-state index contributed by atoms with van der Waals surface area (Å²) in [6.07, 6.45) is 4.52. The zero-order valence-electron chi connectivity index (χ0n) is 12.9. The van der Waals surface area contributed by atoms with E-state index >= 15 is 0 Å². The summed E-state index contributed by atoms with van der Waals surface area (Å²) < 4.78 is 0. The number of amides is 1. The number of carbonyl (C=O) groups excluding carboxylic acids is 1. The van der Waals surface area contributed by atoms with Gasteiger partial charge >= 0.3 is 0 Å². The van der Waals surface area contributed by atoms with Crippen molar-refractivity contribution in [3.63, 3.8) is 0 Å². The zero-order valence-corrected chi connectivity index (χ0v) is 12.9. The van der Waals surface area contributed by atoms with Crippen LogP contribution in [0.15, 0.2) is 18.2 Å². The fourth-order valence-electron chi connectivity index (χ4n) is 2.72. The van der Waals surface area contributed by atoms with Crippen LogP contribution in [0.4, 0.5) is 5.69 Å². The highest BCUT2D eigenvalue weighted by Gasteiger charge is 2.20. The fraction of sp³-hybridized carbons (Fsp3) is 0.588. The van der Waals surface area contributed by atoms with Crippen molar-refractivity contribution in [1.29, 1.82) is 0 Å². The Morgan fingerprint density at radius 1 is 1.35 bits per heavy atom. The summed E-state index contributed by atoms with van der Waals surface area (Å²) in [5, 5.41) is 3.35. The SMILES string of the molecule is CCCCCN(C(=O)c1ccc2c(c1)NCC2)C(C)C. The predicted octanol–water partition coefficient (Wildman–Crippen LogP) is 3.70. The van der Waals surface area contributed by atoms with Crippen LogP contribution in [0, 0.1) is 0 Å². The number of unbranched alkanes of at least 4 members (excludes halogenated alkanes) is 2. The first-order valence-electron chi connectivity index (χ1n) is 7.81.